The zero-order valence-electron chi connectivity index (χ0n) is 13.3. The van der Waals surface area contributed by atoms with Crippen LogP contribution < -0.4 is 4.90 Å². The first-order valence-electron chi connectivity index (χ1n) is 7.46. The third-order valence-electron chi connectivity index (χ3n) is 4.01. The molecule has 0 aromatic heterocycles. The SMILES string of the molecule is C[C@H](CN(C)C(=O)[C@H]1CCN(c2cc(F)cc(F)c2)C1=O)C(=O)O. The second kappa shape index (κ2) is 6.94. The maximum absolute atomic E-state index is 13.3. The molecule has 2 rings (SSSR count). The first-order chi connectivity index (χ1) is 11.2. The van der Waals surface area contributed by atoms with Crippen LogP contribution in [0.1, 0.15) is 13.3 Å². The molecular weight excluding hydrogens is 322 g/mol. The highest BCUT2D eigenvalue weighted by atomic mass is 19.1. The number of carbonyl (C=O) groups is 3. The van der Waals surface area contributed by atoms with Gasteiger partial charge in [0.15, 0.2) is 0 Å². The van der Waals surface area contributed by atoms with Crippen molar-refractivity contribution in [1.82, 2.24) is 4.90 Å². The van der Waals surface area contributed by atoms with Gasteiger partial charge in [0, 0.05) is 31.9 Å². The van der Waals surface area contributed by atoms with Gasteiger partial charge in [-0.3, -0.25) is 14.4 Å². The minimum Gasteiger partial charge on any atom is -0.481 e. The summed E-state index contributed by atoms with van der Waals surface area (Å²) in [5.41, 5.74) is 0.0642. The smallest absolute Gasteiger partial charge is 0.308 e. The van der Waals surface area contributed by atoms with Crippen LogP contribution in [0.5, 0.6) is 0 Å². The Morgan fingerprint density at radius 1 is 1.33 bits per heavy atom. The Bertz CT molecular complexity index is 660. The average molecular weight is 340 g/mol. The van der Waals surface area contributed by atoms with Crippen LogP contribution in [0.4, 0.5) is 14.5 Å². The lowest BCUT2D eigenvalue weighted by atomic mass is 10.1. The van der Waals surface area contributed by atoms with Gasteiger partial charge < -0.3 is 14.9 Å². The van der Waals surface area contributed by atoms with E-state index in [2.05, 4.69) is 0 Å². The van der Waals surface area contributed by atoms with E-state index < -0.39 is 41.3 Å². The second-order valence-corrected chi connectivity index (χ2v) is 5.92. The van der Waals surface area contributed by atoms with E-state index in [0.29, 0.717) is 6.07 Å². The fourth-order valence-electron chi connectivity index (χ4n) is 2.71. The number of aliphatic carboxylic acids is 1. The van der Waals surface area contributed by atoms with E-state index in [1.807, 2.05) is 0 Å². The van der Waals surface area contributed by atoms with Crippen LogP contribution in [0.3, 0.4) is 0 Å². The van der Waals surface area contributed by atoms with E-state index in [-0.39, 0.29) is 25.2 Å². The summed E-state index contributed by atoms with van der Waals surface area (Å²) in [6, 6.07) is 2.77. The summed E-state index contributed by atoms with van der Waals surface area (Å²) in [5.74, 6) is -5.41. The molecular formula is C16H18F2N2O4. The molecule has 6 nitrogen and oxygen atoms in total. The van der Waals surface area contributed by atoms with E-state index in [9.17, 15) is 23.2 Å². The predicted octanol–water partition coefficient (Wildman–Crippen LogP) is 1.50. The molecule has 1 heterocycles. The summed E-state index contributed by atoms with van der Waals surface area (Å²) in [6.45, 7) is 1.61. The lowest BCUT2D eigenvalue weighted by Crippen LogP contribution is -2.40. The molecule has 1 aliphatic heterocycles. The summed E-state index contributed by atoms with van der Waals surface area (Å²) in [6.07, 6.45) is 0.210. The van der Waals surface area contributed by atoms with Crippen LogP contribution in [0.25, 0.3) is 0 Å². The molecule has 2 atom stereocenters. The molecule has 0 unspecified atom stereocenters. The molecule has 1 N–H and O–H groups in total. The van der Waals surface area contributed by atoms with Crippen LogP contribution in [-0.4, -0.2) is 47.9 Å². The van der Waals surface area contributed by atoms with Crippen molar-refractivity contribution >= 4 is 23.5 Å². The Morgan fingerprint density at radius 2 is 1.92 bits per heavy atom. The van der Waals surface area contributed by atoms with Crippen molar-refractivity contribution in [2.45, 2.75) is 13.3 Å². The van der Waals surface area contributed by atoms with Gasteiger partial charge in [-0.05, 0) is 18.6 Å². The van der Waals surface area contributed by atoms with Gasteiger partial charge in [-0.1, -0.05) is 6.92 Å². The van der Waals surface area contributed by atoms with E-state index in [1.54, 1.807) is 0 Å². The molecule has 1 aliphatic rings. The molecule has 0 saturated carbocycles. The number of benzene rings is 1. The zero-order valence-corrected chi connectivity index (χ0v) is 13.3. The Morgan fingerprint density at radius 3 is 2.46 bits per heavy atom. The standard InChI is InChI=1S/C16H18F2N2O4/c1-9(16(23)24)8-19(2)14(21)13-3-4-20(15(13)22)12-6-10(17)5-11(18)7-12/h5-7,9,13H,3-4,8H2,1-2H3,(H,23,24)/t9-,13-/m1/s1. The van der Waals surface area contributed by atoms with Crippen molar-refractivity contribution < 1.29 is 28.3 Å². The van der Waals surface area contributed by atoms with Crippen LogP contribution in [0.15, 0.2) is 18.2 Å². The molecule has 24 heavy (non-hydrogen) atoms. The van der Waals surface area contributed by atoms with E-state index in [4.69, 9.17) is 5.11 Å². The molecule has 1 aromatic carbocycles. The Hall–Kier alpha value is -2.51. The van der Waals surface area contributed by atoms with Gasteiger partial charge in [-0.15, -0.1) is 0 Å². The molecule has 1 saturated heterocycles. The molecule has 0 radical (unpaired) electrons. The zero-order chi connectivity index (χ0) is 18.0. The number of nitrogens with zero attached hydrogens (tertiary/aromatic N) is 2. The lowest BCUT2D eigenvalue weighted by molar-refractivity contribution is -0.143. The summed E-state index contributed by atoms with van der Waals surface area (Å²) in [4.78, 5) is 38.0. The van der Waals surface area contributed by atoms with Gasteiger partial charge in [0.25, 0.3) is 0 Å². The van der Waals surface area contributed by atoms with Gasteiger partial charge in [-0.2, -0.15) is 0 Å². The largest absolute Gasteiger partial charge is 0.481 e. The first kappa shape index (κ1) is 17.8. The van der Waals surface area contributed by atoms with Crippen LogP contribution in [0.2, 0.25) is 0 Å². The molecule has 0 aliphatic carbocycles. The molecule has 130 valence electrons. The van der Waals surface area contributed by atoms with Crippen molar-refractivity contribution in [2.24, 2.45) is 11.8 Å². The number of carboxylic acids is 1. The number of anilines is 1. The van der Waals surface area contributed by atoms with Crippen LogP contribution in [-0.2, 0) is 14.4 Å². The van der Waals surface area contributed by atoms with Crippen LogP contribution >= 0.6 is 0 Å². The summed E-state index contributed by atoms with van der Waals surface area (Å²) >= 11 is 0. The highest BCUT2D eigenvalue weighted by molar-refractivity contribution is 6.09. The third-order valence-corrected chi connectivity index (χ3v) is 4.01. The number of carboxylic acid groups (broad SMARTS) is 1. The van der Waals surface area contributed by atoms with Gasteiger partial charge in [0.1, 0.15) is 17.6 Å². The maximum Gasteiger partial charge on any atom is 0.308 e. The topological polar surface area (TPSA) is 77.9 Å². The van der Waals surface area contributed by atoms with E-state index in [1.165, 1.54) is 23.8 Å². The van der Waals surface area contributed by atoms with Crippen molar-refractivity contribution in [1.29, 1.82) is 0 Å². The van der Waals surface area contributed by atoms with E-state index >= 15 is 0 Å². The van der Waals surface area contributed by atoms with Crippen LogP contribution in [0, 0.1) is 23.5 Å². The first-order valence-corrected chi connectivity index (χ1v) is 7.46. The third kappa shape index (κ3) is 3.69. The summed E-state index contributed by atoms with van der Waals surface area (Å²) < 4.78 is 26.6. The summed E-state index contributed by atoms with van der Waals surface area (Å²) in [7, 11) is 1.43. The number of halogens is 2. The van der Waals surface area contributed by atoms with Gasteiger partial charge in [0.2, 0.25) is 11.8 Å². The minimum atomic E-state index is -1.04. The fraction of sp³-hybridized carbons (Fsp3) is 0.438. The Balaban J connectivity index is 2.10. The molecule has 1 fully saturated rings. The van der Waals surface area contributed by atoms with Crippen molar-refractivity contribution in [3.8, 4) is 0 Å². The van der Waals surface area contributed by atoms with Gasteiger partial charge in [0.05, 0.1) is 5.92 Å². The van der Waals surface area contributed by atoms with E-state index in [0.717, 1.165) is 12.1 Å². The van der Waals surface area contributed by atoms with Crippen molar-refractivity contribution in [2.75, 3.05) is 25.0 Å². The van der Waals surface area contributed by atoms with Crippen molar-refractivity contribution in [3.05, 3.63) is 29.8 Å². The lowest BCUT2D eigenvalue weighted by Gasteiger charge is -2.22. The number of carbonyl (C=O) groups excluding carboxylic acids is 2. The van der Waals surface area contributed by atoms with Gasteiger partial charge in [-0.25, -0.2) is 8.78 Å². The van der Waals surface area contributed by atoms with Crippen molar-refractivity contribution in [3.63, 3.8) is 0 Å². The second-order valence-electron chi connectivity index (χ2n) is 5.92. The number of amides is 2. The molecule has 2 amide bonds. The number of hydrogen-bond donors (Lipinski definition) is 1. The Kier molecular flexibility index (Phi) is 5.16. The number of rotatable bonds is 5. The maximum atomic E-state index is 13.3. The molecule has 1 aromatic rings. The molecule has 8 heteroatoms. The fourth-order valence-corrected chi connectivity index (χ4v) is 2.71. The average Bonchev–Trinajstić information content (AvgIpc) is 2.86. The quantitative estimate of drug-likeness (QED) is 0.824. The molecule has 0 bridgehead atoms. The highest BCUT2D eigenvalue weighted by Crippen LogP contribution is 2.27. The number of hydrogen-bond acceptors (Lipinski definition) is 3. The molecule has 0 spiro atoms. The minimum absolute atomic E-state index is 0.0213. The normalized spacial score (nSPS) is 18.6. The Labute approximate surface area is 137 Å². The summed E-state index contributed by atoms with van der Waals surface area (Å²) in [5, 5.41) is 8.89. The highest BCUT2D eigenvalue weighted by Gasteiger charge is 2.39. The van der Waals surface area contributed by atoms with Gasteiger partial charge >= 0.3 is 5.97 Å². The monoisotopic (exact) mass is 340 g/mol. The predicted molar refractivity (Wildman–Crippen MR) is 81.3 cm³/mol.